The van der Waals surface area contributed by atoms with Crippen LogP contribution in [-0.2, 0) is 9.53 Å². The van der Waals surface area contributed by atoms with Gasteiger partial charge in [-0.15, -0.1) is 0 Å². The van der Waals surface area contributed by atoms with E-state index in [2.05, 4.69) is 9.69 Å². The van der Waals surface area contributed by atoms with E-state index in [0.717, 1.165) is 18.0 Å². The monoisotopic (exact) mass is 477 g/mol. The second-order valence-electron chi connectivity index (χ2n) is 8.92. The maximum atomic E-state index is 13.7. The van der Waals surface area contributed by atoms with Gasteiger partial charge in [-0.25, -0.2) is 4.39 Å². The highest BCUT2D eigenvalue weighted by Crippen LogP contribution is 2.31. The van der Waals surface area contributed by atoms with Crippen LogP contribution in [0.4, 0.5) is 10.1 Å². The van der Waals surface area contributed by atoms with Gasteiger partial charge in [0.05, 0.1) is 11.8 Å². The summed E-state index contributed by atoms with van der Waals surface area (Å²) in [5.74, 6) is -2.36. The van der Waals surface area contributed by atoms with Crippen molar-refractivity contribution < 1.29 is 23.5 Å². The predicted octanol–water partition coefficient (Wildman–Crippen LogP) is 2.24. The van der Waals surface area contributed by atoms with Crippen molar-refractivity contribution in [1.29, 1.82) is 0 Å². The minimum absolute atomic E-state index is 0.00235. The molecule has 1 fully saturated rings. The van der Waals surface area contributed by atoms with E-state index in [1.807, 2.05) is 20.8 Å². The third kappa shape index (κ3) is 5.85. The summed E-state index contributed by atoms with van der Waals surface area (Å²) < 4.78 is 23.3. The lowest BCUT2D eigenvalue weighted by molar-refractivity contribution is -0.127. The molecule has 33 heavy (non-hydrogen) atoms. The van der Waals surface area contributed by atoms with Gasteiger partial charge in [0.15, 0.2) is 5.69 Å². The van der Waals surface area contributed by atoms with Crippen molar-refractivity contribution in [3.05, 3.63) is 46.2 Å². The first-order chi connectivity index (χ1) is 15.5. The number of nitrogens with zero attached hydrogens (tertiary/aromatic N) is 2. The average molecular weight is 478 g/mol. The van der Waals surface area contributed by atoms with Crippen LogP contribution in [0, 0.1) is 5.82 Å². The third-order valence-corrected chi connectivity index (χ3v) is 5.94. The van der Waals surface area contributed by atoms with Gasteiger partial charge in [-0.3, -0.25) is 14.4 Å². The number of nitrogen functional groups attached to an aromatic ring is 1. The number of benzene rings is 1. The van der Waals surface area contributed by atoms with Crippen LogP contribution in [0.3, 0.4) is 0 Å². The first-order valence-electron chi connectivity index (χ1n) is 10.5. The smallest absolute Gasteiger partial charge is 0.270 e. The number of hydrogen-bond acceptors (Lipinski definition) is 7. The fourth-order valence-corrected chi connectivity index (χ4v) is 4.39. The number of hydrogen-bond donors (Lipinski definition) is 3. The fourth-order valence-electron chi connectivity index (χ4n) is 3.63. The Labute approximate surface area is 195 Å². The van der Waals surface area contributed by atoms with Crippen LogP contribution in [0.2, 0.25) is 0 Å². The molecular formula is C22H28FN5O4S. The van der Waals surface area contributed by atoms with E-state index < -0.39 is 35.1 Å². The Balaban J connectivity index is 2.08. The van der Waals surface area contributed by atoms with Crippen LogP contribution in [0.1, 0.15) is 65.4 Å². The van der Waals surface area contributed by atoms with Gasteiger partial charge in [-0.2, -0.15) is 4.37 Å². The molecule has 5 N–H and O–H groups in total. The number of rotatable bonds is 7. The lowest BCUT2D eigenvalue weighted by Crippen LogP contribution is -2.50. The summed E-state index contributed by atoms with van der Waals surface area (Å²) in [6.45, 7) is 6.11. The molecule has 2 atom stereocenters. The lowest BCUT2D eigenvalue weighted by Gasteiger charge is -2.34. The second kappa shape index (κ2) is 9.84. The third-order valence-electron chi connectivity index (χ3n) is 5.08. The van der Waals surface area contributed by atoms with Crippen LogP contribution in [0.25, 0.3) is 0 Å². The van der Waals surface area contributed by atoms with Crippen molar-refractivity contribution in [2.24, 2.45) is 5.73 Å². The summed E-state index contributed by atoms with van der Waals surface area (Å²) in [5.41, 5.74) is 10.8. The van der Waals surface area contributed by atoms with Crippen molar-refractivity contribution in [2.75, 3.05) is 18.9 Å². The number of nitrogens with two attached hydrogens (primary N) is 2. The summed E-state index contributed by atoms with van der Waals surface area (Å²) in [6, 6.07) is 4.28. The first-order valence-corrected chi connectivity index (χ1v) is 11.3. The van der Waals surface area contributed by atoms with Crippen LogP contribution < -0.4 is 16.8 Å². The van der Waals surface area contributed by atoms with Crippen molar-refractivity contribution in [1.82, 2.24) is 14.6 Å². The molecule has 3 amide bonds. The molecule has 1 aromatic carbocycles. The second-order valence-corrected chi connectivity index (χ2v) is 9.70. The highest BCUT2D eigenvalue weighted by molar-refractivity contribution is 7.09. The van der Waals surface area contributed by atoms with E-state index >= 15 is 0 Å². The molecule has 0 unspecified atom stereocenters. The van der Waals surface area contributed by atoms with Crippen molar-refractivity contribution >= 4 is 34.9 Å². The number of nitrogens with one attached hydrogen (secondary N) is 1. The molecule has 0 radical (unpaired) electrons. The van der Waals surface area contributed by atoms with Crippen molar-refractivity contribution in [3.63, 3.8) is 0 Å². The Morgan fingerprint density at radius 3 is 2.48 bits per heavy atom. The normalized spacial score (nSPS) is 16.9. The molecular weight excluding hydrogens is 449 g/mol. The Kier molecular flexibility index (Phi) is 7.33. The van der Waals surface area contributed by atoms with Gasteiger partial charge in [0.25, 0.3) is 11.8 Å². The van der Waals surface area contributed by atoms with E-state index in [9.17, 15) is 18.8 Å². The van der Waals surface area contributed by atoms with Gasteiger partial charge in [0.1, 0.15) is 16.7 Å². The average Bonchev–Trinajstić information content (AvgIpc) is 3.36. The molecule has 178 valence electrons. The molecule has 0 aliphatic carbocycles. The summed E-state index contributed by atoms with van der Waals surface area (Å²) in [7, 11) is 0. The van der Waals surface area contributed by atoms with Crippen LogP contribution in [-0.4, -0.2) is 51.8 Å². The van der Waals surface area contributed by atoms with Gasteiger partial charge >= 0.3 is 0 Å². The van der Waals surface area contributed by atoms with E-state index in [-0.39, 0.29) is 28.9 Å². The summed E-state index contributed by atoms with van der Waals surface area (Å²) in [6.07, 6.45) is 1.26. The highest BCUT2D eigenvalue weighted by atomic mass is 32.1. The SMILES string of the molecule is CC(C)(C)NC(=O)[C@H](c1ccc(F)cc1)N(C[C@@H]1CCCO1)C(=O)c1snc(C(N)=O)c1N. The fraction of sp³-hybridized carbons (Fsp3) is 0.455. The number of primary amides is 1. The van der Waals surface area contributed by atoms with Crippen LogP contribution in [0.5, 0.6) is 0 Å². The molecule has 0 spiro atoms. The molecule has 0 bridgehead atoms. The minimum atomic E-state index is -1.10. The molecule has 2 heterocycles. The van der Waals surface area contributed by atoms with Crippen molar-refractivity contribution in [2.45, 2.75) is 51.3 Å². The molecule has 1 aliphatic heterocycles. The number of aromatic nitrogens is 1. The summed E-state index contributed by atoms with van der Waals surface area (Å²) in [5, 5.41) is 2.90. The van der Waals surface area contributed by atoms with E-state index in [1.165, 1.54) is 29.2 Å². The van der Waals surface area contributed by atoms with Gasteiger partial charge in [0, 0.05) is 18.7 Å². The van der Waals surface area contributed by atoms with Crippen molar-refractivity contribution in [3.8, 4) is 0 Å². The Hall–Kier alpha value is -3.05. The molecule has 2 aromatic rings. The number of anilines is 1. The maximum absolute atomic E-state index is 13.7. The molecule has 1 aromatic heterocycles. The number of carbonyl (C=O) groups excluding carboxylic acids is 3. The number of ether oxygens (including phenoxy) is 1. The number of halogens is 1. The highest BCUT2D eigenvalue weighted by Gasteiger charge is 2.37. The first kappa shape index (κ1) is 24.6. The van der Waals surface area contributed by atoms with Crippen LogP contribution in [0.15, 0.2) is 24.3 Å². The Bertz CT molecular complexity index is 1030. The van der Waals surface area contributed by atoms with E-state index in [1.54, 1.807) is 0 Å². The lowest BCUT2D eigenvalue weighted by atomic mass is 10.0. The Morgan fingerprint density at radius 2 is 1.97 bits per heavy atom. The number of amides is 3. The zero-order chi connectivity index (χ0) is 24.3. The quantitative estimate of drug-likeness (QED) is 0.559. The predicted molar refractivity (Wildman–Crippen MR) is 122 cm³/mol. The molecule has 1 saturated heterocycles. The minimum Gasteiger partial charge on any atom is -0.395 e. The zero-order valence-electron chi connectivity index (χ0n) is 18.8. The van der Waals surface area contributed by atoms with Gasteiger partial charge in [-0.1, -0.05) is 12.1 Å². The molecule has 3 rings (SSSR count). The molecule has 11 heteroatoms. The molecule has 9 nitrogen and oxygen atoms in total. The standard InChI is InChI=1S/C22H28FN5O4S/c1-22(2,3)26-20(30)17(12-6-8-13(23)9-7-12)28(11-14-5-4-10-32-14)21(31)18-15(24)16(19(25)29)27-33-18/h6-9,14,17H,4-5,10-11,24H2,1-3H3,(H2,25,29)(H,26,30)/t14-,17-/m0/s1. The Morgan fingerprint density at radius 1 is 1.30 bits per heavy atom. The molecule has 0 saturated carbocycles. The summed E-state index contributed by atoms with van der Waals surface area (Å²) >= 11 is 0.739. The van der Waals surface area contributed by atoms with Gasteiger partial charge in [-0.05, 0) is 62.8 Å². The van der Waals surface area contributed by atoms with Gasteiger partial charge in [0.2, 0.25) is 5.91 Å². The maximum Gasteiger partial charge on any atom is 0.270 e. The summed E-state index contributed by atoms with van der Waals surface area (Å²) in [4.78, 5) is 40.1. The van der Waals surface area contributed by atoms with E-state index in [4.69, 9.17) is 16.2 Å². The van der Waals surface area contributed by atoms with E-state index in [0.29, 0.717) is 18.6 Å². The molecule has 1 aliphatic rings. The van der Waals surface area contributed by atoms with Crippen LogP contribution >= 0.6 is 11.5 Å². The topological polar surface area (TPSA) is 141 Å². The zero-order valence-corrected chi connectivity index (χ0v) is 19.6. The largest absolute Gasteiger partial charge is 0.395 e. The number of carbonyl (C=O) groups is 3. The van der Waals surface area contributed by atoms with Gasteiger partial charge < -0.3 is 26.4 Å².